The molecule has 10 heteroatoms. The molecule has 4 aliphatic rings. The van der Waals surface area contributed by atoms with Crippen LogP contribution in [0.1, 0.15) is 60.5 Å². The molecule has 0 spiro atoms. The van der Waals surface area contributed by atoms with Gasteiger partial charge in [0.25, 0.3) is 0 Å². The highest BCUT2D eigenvalue weighted by Crippen LogP contribution is 2.52. The fourth-order valence-electron chi connectivity index (χ4n) is 6.93. The van der Waals surface area contributed by atoms with Gasteiger partial charge in [0.2, 0.25) is 5.78 Å². The Balaban J connectivity index is 1.56. The zero-order valence-corrected chi connectivity index (χ0v) is 23.6. The number of hydrogen-bond donors (Lipinski definition) is 5. The van der Waals surface area contributed by atoms with Gasteiger partial charge in [0, 0.05) is 62.3 Å². The molecule has 1 aliphatic heterocycles. The van der Waals surface area contributed by atoms with Crippen molar-refractivity contribution in [3.05, 3.63) is 45.4 Å². The third-order valence-electron chi connectivity index (χ3n) is 9.25. The summed E-state index contributed by atoms with van der Waals surface area (Å²) in [5.41, 5.74) is -1.07. The third-order valence-corrected chi connectivity index (χ3v) is 9.25. The molecule has 0 aromatic heterocycles. The van der Waals surface area contributed by atoms with Crippen LogP contribution in [0.5, 0.6) is 5.75 Å². The maximum Gasteiger partial charge on any atom is 0.209 e. The van der Waals surface area contributed by atoms with Crippen molar-refractivity contribution in [2.45, 2.75) is 63.6 Å². The first-order valence-corrected chi connectivity index (χ1v) is 14.1. The van der Waals surface area contributed by atoms with Gasteiger partial charge in [-0.15, -0.1) is 0 Å². The third kappa shape index (κ3) is 4.33. The highest BCUT2D eigenvalue weighted by molar-refractivity contribution is 6.25. The number of allylic oxidation sites excluding steroid dienone is 2. The molecule has 3 atom stereocenters. The van der Waals surface area contributed by atoms with Gasteiger partial charge >= 0.3 is 0 Å². The van der Waals surface area contributed by atoms with Crippen LogP contribution < -0.4 is 10.2 Å². The van der Waals surface area contributed by atoms with Crippen LogP contribution in [0.15, 0.2) is 28.7 Å². The number of phenolic OH excluding ortho intramolecular Hbond substituents is 1. The summed E-state index contributed by atoms with van der Waals surface area (Å²) in [6.07, 6.45) is 2.18. The number of nitrogens with zero attached hydrogens (tertiary/aromatic N) is 2. The number of fused-ring (bicyclic) bond motifs is 3. The normalized spacial score (nSPS) is 27.4. The highest BCUT2D eigenvalue weighted by Gasteiger charge is 2.59. The number of Topliss-reactive ketones (excluding diaryl/α,β-unsaturated/α-hetero) is 3. The lowest BCUT2D eigenvalue weighted by molar-refractivity contribution is -0.144. The van der Waals surface area contributed by atoms with Gasteiger partial charge < -0.3 is 35.5 Å². The first kappa shape index (κ1) is 28.3. The van der Waals surface area contributed by atoms with Crippen molar-refractivity contribution in [1.82, 2.24) is 10.2 Å². The Kier molecular flexibility index (Phi) is 7.31. The second-order valence-electron chi connectivity index (χ2n) is 11.9. The Bertz CT molecular complexity index is 1340. The Morgan fingerprint density at radius 2 is 1.82 bits per heavy atom. The van der Waals surface area contributed by atoms with Gasteiger partial charge in [-0.2, -0.15) is 0 Å². The van der Waals surface area contributed by atoms with Crippen molar-refractivity contribution in [3.8, 4) is 5.75 Å². The van der Waals surface area contributed by atoms with Crippen LogP contribution in [0.4, 0.5) is 5.69 Å². The number of carbonyl (C=O) groups is 3. The predicted molar refractivity (Wildman–Crippen MR) is 149 cm³/mol. The van der Waals surface area contributed by atoms with E-state index < -0.39 is 51.9 Å². The van der Waals surface area contributed by atoms with E-state index in [9.17, 15) is 34.8 Å². The Morgan fingerprint density at radius 3 is 2.45 bits per heavy atom. The molecule has 0 radical (unpaired) electrons. The zero-order valence-electron chi connectivity index (χ0n) is 23.6. The highest BCUT2D eigenvalue weighted by atomic mass is 16.3. The van der Waals surface area contributed by atoms with Crippen LogP contribution in [-0.4, -0.2) is 88.6 Å². The van der Waals surface area contributed by atoms with Crippen LogP contribution in [0.25, 0.3) is 0 Å². The number of aliphatic hydroxyl groups is 3. The number of likely N-dealkylation sites (tertiary alicyclic amines) is 1. The number of carbonyl (C=O) groups excluding carboxylic acids is 3. The van der Waals surface area contributed by atoms with E-state index in [0.29, 0.717) is 24.1 Å². The largest absolute Gasteiger partial charge is 0.511 e. The number of piperidine rings is 1. The SMILES string of the molecule is CCC(=O)C1=C(O)C[C@@H]2C[C@@H]3Cc4c(N(C)C)cc(CNC5CCN(C)CC5)c(O)c4C(=O)C3=C(O)[C@]2(O)C1=O. The molecule has 0 unspecified atom stereocenters. The smallest absolute Gasteiger partial charge is 0.209 e. The number of anilines is 1. The lowest BCUT2D eigenvalue weighted by Crippen LogP contribution is -2.56. The Hall–Kier alpha value is -3.21. The summed E-state index contributed by atoms with van der Waals surface area (Å²) in [6.45, 7) is 3.84. The van der Waals surface area contributed by atoms with Gasteiger partial charge in [-0.3, -0.25) is 14.4 Å². The van der Waals surface area contributed by atoms with Crippen LogP contribution in [0.3, 0.4) is 0 Å². The number of phenols is 1. The summed E-state index contributed by atoms with van der Waals surface area (Å²) in [5.74, 6) is -5.11. The van der Waals surface area contributed by atoms with Gasteiger partial charge in [-0.05, 0) is 63.4 Å². The lowest BCUT2D eigenvalue weighted by Gasteiger charge is -2.46. The number of rotatable bonds is 6. The van der Waals surface area contributed by atoms with E-state index in [1.54, 1.807) is 0 Å². The van der Waals surface area contributed by atoms with Crippen LogP contribution in [-0.2, 0) is 22.6 Å². The van der Waals surface area contributed by atoms with Gasteiger partial charge in [0.1, 0.15) is 22.8 Å². The van der Waals surface area contributed by atoms with Gasteiger partial charge in [0.15, 0.2) is 17.2 Å². The van der Waals surface area contributed by atoms with Crippen LogP contribution in [0, 0.1) is 11.8 Å². The van der Waals surface area contributed by atoms with Crippen molar-refractivity contribution in [2.75, 3.05) is 39.1 Å². The van der Waals surface area contributed by atoms with Crippen LogP contribution in [0.2, 0.25) is 0 Å². The number of benzene rings is 1. The summed E-state index contributed by atoms with van der Waals surface area (Å²) in [6, 6.07) is 2.17. The van der Waals surface area contributed by atoms with Crippen molar-refractivity contribution in [2.24, 2.45) is 11.8 Å². The van der Waals surface area contributed by atoms with E-state index >= 15 is 0 Å². The molecule has 0 saturated carbocycles. The molecule has 0 bridgehead atoms. The second-order valence-corrected chi connectivity index (χ2v) is 11.9. The average Bonchev–Trinajstić information content (AvgIpc) is 2.90. The molecule has 1 fully saturated rings. The van der Waals surface area contributed by atoms with E-state index in [1.807, 2.05) is 25.1 Å². The number of aromatic hydroxyl groups is 1. The molecule has 1 saturated heterocycles. The molecule has 0 amide bonds. The molecule has 1 aromatic rings. The number of ketones is 3. The number of hydrogen-bond acceptors (Lipinski definition) is 10. The van der Waals surface area contributed by atoms with Gasteiger partial charge in [-0.25, -0.2) is 0 Å². The molecule has 40 heavy (non-hydrogen) atoms. The summed E-state index contributed by atoms with van der Waals surface area (Å²) < 4.78 is 0. The molecule has 1 aromatic carbocycles. The standard InChI is InChI=1S/C30H39N3O7/c1-5-21(34)25-22(35)13-17-10-15-11-19-20(32(2)3)12-16(14-31-18-6-8-33(4)9-7-18)26(36)24(19)27(37)23(15)28(38)30(17,40)29(25)39/h12,15,17-18,31,35-36,38,40H,5-11,13-14H2,1-4H3/t15-,17+,30+/m1/s1. The van der Waals surface area contributed by atoms with Crippen molar-refractivity contribution >= 4 is 23.0 Å². The number of aliphatic hydroxyl groups excluding tert-OH is 2. The van der Waals surface area contributed by atoms with Gasteiger partial charge in [0.05, 0.1) is 5.56 Å². The van der Waals surface area contributed by atoms with Crippen molar-refractivity contribution in [1.29, 1.82) is 0 Å². The minimum Gasteiger partial charge on any atom is -0.511 e. The first-order valence-electron chi connectivity index (χ1n) is 14.1. The van der Waals surface area contributed by atoms with E-state index in [4.69, 9.17) is 0 Å². The molecule has 5 rings (SSSR count). The summed E-state index contributed by atoms with van der Waals surface area (Å²) in [7, 11) is 5.82. The molecule has 3 aliphatic carbocycles. The quantitative estimate of drug-likeness (QED) is 0.332. The van der Waals surface area contributed by atoms with Crippen molar-refractivity contribution < 1.29 is 34.8 Å². The fraction of sp³-hybridized carbons (Fsp3) is 0.567. The molecular weight excluding hydrogens is 514 g/mol. The topological polar surface area (TPSA) is 151 Å². The summed E-state index contributed by atoms with van der Waals surface area (Å²) in [5, 5.41) is 48.4. The maximum absolute atomic E-state index is 14.0. The minimum absolute atomic E-state index is 0.0618. The maximum atomic E-state index is 14.0. The molecule has 5 N–H and O–H groups in total. The van der Waals surface area contributed by atoms with Crippen molar-refractivity contribution in [3.63, 3.8) is 0 Å². The predicted octanol–water partition coefficient (Wildman–Crippen LogP) is 2.32. The van der Waals surface area contributed by atoms with E-state index in [2.05, 4.69) is 17.3 Å². The number of nitrogens with one attached hydrogen (secondary N) is 1. The van der Waals surface area contributed by atoms with E-state index in [0.717, 1.165) is 31.6 Å². The van der Waals surface area contributed by atoms with Crippen LogP contribution >= 0.6 is 0 Å². The van der Waals surface area contributed by atoms with E-state index in [1.165, 1.54) is 6.92 Å². The molecule has 1 heterocycles. The second kappa shape index (κ2) is 10.3. The Morgan fingerprint density at radius 1 is 1.15 bits per heavy atom. The average molecular weight is 554 g/mol. The van der Waals surface area contributed by atoms with Gasteiger partial charge in [-0.1, -0.05) is 6.92 Å². The molecular formula is C30H39N3O7. The summed E-state index contributed by atoms with van der Waals surface area (Å²) in [4.78, 5) is 44.0. The Labute approximate surface area is 234 Å². The minimum atomic E-state index is -2.49. The lowest BCUT2D eigenvalue weighted by atomic mass is 9.60. The zero-order chi connectivity index (χ0) is 29.1. The van der Waals surface area contributed by atoms with E-state index in [-0.39, 0.29) is 42.2 Å². The summed E-state index contributed by atoms with van der Waals surface area (Å²) >= 11 is 0. The monoisotopic (exact) mass is 553 g/mol. The first-order chi connectivity index (χ1) is 18.9. The molecule has 216 valence electrons. The molecule has 10 nitrogen and oxygen atoms in total. The fourth-order valence-corrected chi connectivity index (χ4v) is 6.93.